The van der Waals surface area contributed by atoms with E-state index < -0.39 is 0 Å². The van der Waals surface area contributed by atoms with Crippen LogP contribution < -0.4 is 4.74 Å². The number of ether oxygens (including phenoxy) is 1. The summed E-state index contributed by atoms with van der Waals surface area (Å²) in [4.78, 5) is 18.7. The minimum Gasteiger partial charge on any atom is -0.492 e. The van der Waals surface area contributed by atoms with Gasteiger partial charge in [0.25, 0.3) is 0 Å². The number of benzene rings is 1. The van der Waals surface area contributed by atoms with Crippen molar-refractivity contribution in [2.45, 2.75) is 19.3 Å². The molecule has 5 heteroatoms. The van der Waals surface area contributed by atoms with Crippen molar-refractivity contribution in [1.82, 2.24) is 14.5 Å². The summed E-state index contributed by atoms with van der Waals surface area (Å²) in [5, 5.41) is 0. The highest BCUT2D eigenvalue weighted by Gasteiger charge is 2.27. The molecule has 1 aliphatic heterocycles. The maximum absolute atomic E-state index is 12.6. The van der Waals surface area contributed by atoms with E-state index in [1.54, 1.807) is 6.20 Å². The van der Waals surface area contributed by atoms with E-state index in [-0.39, 0.29) is 11.8 Å². The van der Waals surface area contributed by atoms with E-state index >= 15 is 0 Å². The van der Waals surface area contributed by atoms with Gasteiger partial charge in [-0.1, -0.05) is 18.2 Å². The van der Waals surface area contributed by atoms with Crippen LogP contribution in [0.15, 0.2) is 36.7 Å². The lowest BCUT2D eigenvalue weighted by Gasteiger charge is -2.28. The van der Waals surface area contributed by atoms with Crippen LogP contribution >= 0.6 is 0 Å². The molecule has 1 aliphatic rings. The minimum absolute atomic E-state index is 0.0805. The second-order valence-electron chi connectivity index (χ2n) is 6.14. The number of para-hydroxylation sites is 1. The van der Waals surface area contributed by atoms with Crippen molar-refractivity contribution in [2.75, 3.05) is 20.2 Å². The molecule has 122 valence electrons. The second kappa shape index (κ2) is 6.86. The molecule has 2 heterocycles. The molecule has 0 fully saturated rings. The van der Waals surface area contributed by atoms with Crippen LogP contribution in [0.2, 0.25) is 0 Å². The third-order valence-corrected chi connectivity index (χ3v) is 4.42. The molecule has 1 amide bonds. The van der Waals surface area contributed by atoms with E-state index in [2.05, 4.69) is 4.98 Å². The SMILES string of the molecule is CN(CCCc1nccn1C)C(=O)[C@H]1COc2ccccc2C1. The Morgan fingerprint density at radius 1 is 1.43 bits per heavy atom. The summed E-state index contributed by atoms with van der Waals surface area (Å²) in [5.74, 6) is 2.05. The maximum Gasteiger partial charge on any atom is 0.229 e. The summed E-state index contributed by atoms with van der Waals surface area (Å²) >= 11 is 0. The molecule has 0 saturated heterocycles. The van der Waals surface area contributed by atoms with E-state index in [1.807, 2.05) is 54.0 Å². The average Bonchev–Trinajstić information content (AvgIpc) is 2.98. The topological polar surface area (TPSA) is 47.4 Å². The number of amides is 1. The van der Waals surface area contributed by atoms with Gasteiger partial charge in [-0.05, 0) is 24.5 Å². The highest BCUT2D eigenvalue weighted by atomic mass is 16.5. The first-order chi connectivity index (χ1) is 11.1. The number of carbonyl (C=O) groups excluding carboxylic acids is 1. The minimum atomic E-state index is -0.0805. The molecule has 23 heavy (non-hydrogen) atoms. The molecular formula is C18H23N3O2. The van der Waals surface area contributed by atoms with Gasteiger partial charge in [0.1, 0.15) is 18.2 Å². The Labute approximate surface area is 136 Å². The van der Waals surface area contributed by atoms with E-state index in [0.29, 0.717) is 6.61 Å². The number of rotatable bonds is 5. The fraction of sp³-hybridized carbons (Fsp3) is 0.444. The summed E-state index contributed by atoms with van der Waals surface area (Å²) in [6, 6.07) is 7.96. The lowest BCUT2D eigenvalue weighted by Crippen LogP contribution is -2.39. The van der Waals surface area contributed by atoms with Crippen LogP contribution in [-0.4, -0.2) is 40.6 Å². The Kier molecular flexibility index (Phi) is 4.65. The van der Waals surface area contributed by atoms with Crippen molar-refractivity contribution in [3.63, 3.8) is 0 Å². The number of aryl methyl sites for hydroxylation is 2. The Bertz CT molecular complexity index is 680. The number of carbonyl (C=O) groups is 1. The largest absolute Gasteiger partial charge is 0.492 e. The van der Waals surface area contributed by atoms with Gasteiger partial charge in [0.2, 0.25) is 5.91 Å². The molecule has 1 atom stereocenters. The van der Waals surface area contributed by atoms with Gasteiger partial charge in [0.05, 0.1) is 5.92 Å². The molecule has 0 spiro atoms. The molecular weight excluding hydrogens is 290 g/mol. The first-order valence-corrected chi connectivity index (χ1v) is 8.07. The summed E-state index contributed by atoms with van der Waals surface area (Å²) in [6.45, 7) is 1.21. The van der Waals surface area contributed by atoms with Crippen LogP contribution in [0.3, 0.4) is 0 Å². The molecule has 3 rings (SSSR count). The Hall–Kier alpha value is -2.30. The van der Waals surface area contributed by atoms with Gasteiger partial charge in [0.15, 0.2) is 0 Å². The van der Waals surface area contributed by atoms with Crippen molar-refractivity contribution in [3.05, 3.63) is 48.0 Å². The molecule has 1 aromatic carbocycles. The van der Waals surface area contributed by atoms with Crippen LogP contribution in [0, 0.1) is 5.92 Å². The van der Waals surface area contributed by atoms with Crippen molar-refractivity contribution in [2.24, 2.45) is 13.0 Å². The van der Waals surface area contributed by atoms with Gasteiger partial charge in [-0.15, -0.1) is 0 Å². The summed E-state index contributed by atoms with van der Waals surface area (Å²) in [7, 11) is 3.87. The van der Waals surface area contributed by atoms with E-state index in [9.17, 15) is 4.79 Å². The normalized spacial score (nSPS) is 16.5. The molecule has 0 saturated carbocycles. The van der Waals surface area contributed by atoms with Crippen LogP contribution in [0.4, 0.5) is 0 Å². The zero-order valence-corrected chi connectivity index (χ0v) is 13.7. The van der Waals surface area contributed by atoms with Crippen LogP contribution in [0.5, 0.6) is 5.75 Å². The highest BCUT2D eigenvalue weighted by molar-refractivity contribution is 5.79. The van der Waals surface area contributed by atoms with Gasteiger partial charge in [-0.3, -0.25) is 4.79 Å². The predicted molar refractivity (Wildman–Crippen MR) is 88.3 cm³/mol. The first kappa shape index (κ1) is 15.6. The van der Waals surface area contributed by atoms with E-state index in [4.69, 9.17) is 4.74 Å². The highest BCUT2D eigenvalue weighted by Crippen LogP contribution is 2.27. The van der Waals surface area contributed by atoms with Crippen molar-refractivity contribution >= 4 is 5.91 Å². The molecule has 0 bridgehead atoms. The fourth-order valence-electron chi connectivity index (χ4n) is 3.02. The molecule has 5 nitrogen and oxygen atoms in total. The van der Waals surface area contributed by atoms with Crippen LogP contribution in [-0.2, 0) is 24.7 Å². The van der Waals surface area contributed by atoms with Crippen molar-refractivity contribution in [3.8, 4) is 5.75 Å². The number of nitrogens with zero attached hydrogens (tertiary/aromatic N) is 3. The van der Waals surface area contributed by atoms with Crippen molar-refractivity contribution < 1.29 is 9.53 Å². The lowest BCUT2D eigenvalue weighted by molar-refractivity contribution is -0.135. The standard InChI is InChI=1S/C18H23N3O2/c1-20-11-9-19-17(20)8-5-10-21(2)18(22)15-12-14-6-3-4-7-16(14)23-13-15/h3-4,6-7,9,11,15H,5,8,10,12-13H2,1-2H3/t15-/m1/s1. The number of fused-ring (bicyclic) bond motifs is 1. The molecule has 1 aromatic heterocycles. The monoisotopic (exact) mass is 313 g/mol. The van der Waals surface area contributed by atoms with Gasteiger partial charge < -0.3 is 14.2 Å². The third-order valence-electron chi connectivity index (χ3n) is 4.42. The predicted octanol–water partition coefficient (Wildman–Crippen LogP) is 2.06. The smallest absolute Gasteiger partial charge is 0.229 e. The summed E-state index contributed by atoms with van der Waals surface area (Å²) < 4.78 is 7.75. The summed E-state index contributed by atoms with van der Waals surface area (Å²) in [5.41, 5.74) is 1.12. The zero-order chi connectivity index (χ0) is 16.2. The second-order valence-corrected chi connectivity index (χ2v) is 6.14. The van der Waals surface area contributed by atoms with Crippen LogP contribution in [0.1, 0.15) is 17.8 Å². The average molecular weight is 313 g/mol. The third kappa shape index (κ3) is 3.55. The van der Waals surface area contributed by atoms with Gasteiger partial charge in [-0.25, -0.2) is 4.98 Å². The lowest BCUT2D eigenvalue weighted by atomic mass is 9.95. The fourth-order valence-corrected chi connectivity index (χ4v) is 3.02. The van der Waals surface area contributed by atoms with Gasteiger partial charge in [0, 0.05) is 39.5 Å². The molecule has 0 unspecified atom stereocenters. The number of hydrogen-bond acceptors (Lipinski definition) is 3. The van der Waals surface area contributed by atoms with Gasteiger partial charge >= 0.3 is 0 Å². The van der Waals surface area contributed by atoms with Gasteiger partial charge in [-0.2, -0.15) is 0 Å². The van der Waals surface area contributed by atoms with Crippen LogP contribution in [0.25, 0.3) is 0 Å². The molecule has 0 N–H and O–H groups in total. The van der Waals surface area contributed by atoms with E-state index in [1.165, 1.54) is 0 Å². The number of aromatic nitrogens is 2. The molecule has 0 aliphatic carbocycles. The molecule has 2 aromatic rings. The van der Waals surface area contributed by atoms with Crippen molar-refractivity contribution in [1.29, 1.82) is 0 Å². The Morgan fingerprint density at radius 2 is 2.26 bits per heavy atom. The summed E-state index contributed by atoms with van der Waals surface area (Å²) in [6.07, 6.45) is 6.31. The first-order valence-electron chi connectivity index (χ1n) is 8.07. The van der Waals surface area contributed by atoms with E-state index in [0.717, 1.165) is 42.9 Å². The number of hydrogen-bond donors (Lipinski definition) is 0. The quantitative estimate of drug-likeness (QED) is 0.849. The maximum atomic E-state index is 12.6. The zero-order valence-electron chi connectivity index (χ0n) is 13.7. The Balaban J connectivity index is 1.51. The molecule has 0 radical (unpaired) electrons. The number of imidazole rings is 1. The Morgan fingerprint density at radius 3 is 3.04 bits per heavy atom.